The highest BCUT2D eigenvalue weighted by atomic mass is 16.7. The van der Waals surface area contributed by atoms with E-state index in [0.717, 1.165) is 11.3 Å². The third kappa shape index (κ3) is 4.44. The van der Waals surface area contributed by atoms with Crippen LogP contribution in [0.3, 0.4) is 0 Å². The molecule has 15 heavy (non-hydrogen) atoms. The predicted octanol–water partition coefficient (Wildman–Crippen LogP) is 0.685. The van der Waals surface area contributed by atoms with Crippen molar-refractivity contribution in [3.05, 3.63) is 29.8 Å². The molecule has 0 fully saturated rings. The molecule has 5 nitrogen and oxygen atoms in total. The van der Waals surface area contributed by atoms with E-state index in [0.29, 0.717) is 0 Å². The van der Waals surface area contributed by atoms with Crippen LogP contribution in [0.25, 0.3) is 0 Å². The van der Waals surface area contributed by atoms with Gasteiger partial charge in [0.15, 0.2) is 0 Å². The van der Waals surface area contributed by atoms with Crippen molar-refractivity contribution in [2.45, 2.75) is 13.3 Å². The van der Waals surface area contributed by atoms with Crippen molar-refractivity contribution < 1.29 is 14.4 Å². The second-order valence-electron chi connectivity index (χ2n) is 3.00. The average molecular weight is 210 g/mol. The molecule has 0 saturated carbocycles. The van der Waals surface area contributed by atoms with Gasteiger partial charge in [0.05, 0.1) is 13.0 Å². The van der Waals surface area contributed by atoms with Gasteiger partial charge in [-0.3, -0.25) is 4.79 Å². The summed E-state index contributed by atoms with van der Waals surface area (Å²) in [6.45, 7) is 2.26. The standard InChI is InChI=1S/C10H14N2O3/c1-8-2-4-9(5-3-8)14-7-6-10(13)15-12-11/h2-5,12H,6-7,11H2,1H3. The first kappa shape index (κ1) is 11.5. The lowest BCUT2D eigenvalue weighted by Gasteiger charge is -2.05. The van der Waals surface area contributed by atoms with E-state index >= 15 is 0 Å². The summed E-state index contributed by atoms with van der Waals surface area (Å²) in [5.41, 5.74) is 2.98. The summed E-state index contributed by atoms with van der Waals surface area (Å²) in [7, 11) is 0. The lowest BCUT2D eigenvalue weighted by molar-refractivity contribution is -0.151. The van der Waals surface area contributed by atoms with Gasteiger partial charge in [-0.15, -0.1) is 0 Å². The molecule has 5 heteroatoms. The van der Waals surface area contributed by atoms with Crippen LogP contribution >= 0.6 is 0 Å². The Morgan fingerprint density at radius 1 is 1.40 bits per heavy atom. The predicted molar refractivity (Wildman–Crippen MR) is 54.7 cm³/mol. The first-order valence-electron chi connectivity index (χ1n) is 4.57. The van der Waals surface area contributed by atoms with E-state index in [2.05, 4.69) is 4.84 Å². The summed E-state index contributed by atoms with van der Waals surface area (Å²) >= 11 is 0. The fourth-order valence-corrected chi connectivity index (χ4v) is 1.00. The Hall–Kier alpha value is -1.59. The van der Waals surface area contributed by atoms with Crippen molar-refractivity contribution in [1.82, 2.24) is 5.59 Å². The van der Waals surface area contributed by atoms with Gasteiger partial charge in [0.1, 0.15) is 5.75 Å². The number of nitrogens with one attached hydrogen (secondary N) is 1. The number of aryl methyl sites for hydroxylation is 1. The van der Waals surface area contributed by atoms with Gasteiger partial charge in [-0.2, -0.15) is 0 Å². The van der Waals surface area contributed by atoms with Crippen molar-refractivity contribution in [3.63, 3.8) is 0 Å². The zero-order valence-corrected chi connectivity index (χ0v) is 8.53. The fraction of sp³-hybridized carbons (Fsp3) is 0.300. The Kier molecular flexibility index (Phi) is 4.59. The van der Waals surface area contributed by atoms with Gasteiger partial charge in [-0.25, -0.2) is 5.84 Å². The molecule has 0 bridgehead atoms. The lowest BCUT2D eigenvalue weighted by Crippen LogP contribution is -2.26. The number of benzene rings is 1. The van der Waals surface area contributed by atoms with Crippen molar-refractivity contribution in [2.24, 2.45) is 5.84 Å². The number of ether oxygens (including phenoxy) is 1. The van der Waals surface area contributed by atoms with E-state index in [1.807, 2.05) is 36.8 Å². The van der Waals surface area contributed by atoms with Crippen molar-refractivity contribution >= 4 is 5.97 Å². The maximum absolute atomic E-state index is 10.8. The lowest BCUT2D eigenvalue weighted by atomic mass is 10.2. The van der Waals surface area contributed by atoms with E-state index < -0.39 is 5.97 Å². The Morgan fingerprint density at radius 2 is 2.07 bits per heavy atom. The minimum absolute atomic E-state index is 0.151. The van der Waals surface area contributed by atoms with Gasteiger partial charge in [0.2, 0.25) is 0 Å². The molecule has 0 atom stereocenters. The molecule has 82 valence electrons. The number of carbonyl (C=O) groups is 1. The maximum Gasteiger partial charge on any atom is 0.329 e. The van der Waals surface area contributed by atoms with Crippen LogP contribution in [0.1, 0.15) is 12.0 Å². The monoisotopic (exact) mass is 210 g/mol. The van der Waals surface area contributed by atoms with Crippen LogP contribution in [0.2, 0.25) is 0 Å². The minimum atomic E-state index is -0.454. The third-order valence-electron chi connectivity index (χ3n) is 1.77. The topological polar surface area (TPSA) is 73.6 Å². The van der Waals surface area contributed by atoms with E-state index in [1.54, 1.807) is 0 Å². The number of hydrazine groups is 1. The van der Waals surface area contributed by atoms with Crippen LogP contribution in [-0.2, 0) is 9.63 Å². The molecule has 1 rings (SSSR count). The van der Waals surface area contributed by atoms with Crippen molar-refractivity contribution in [1.29, 1.82) is 0 Å². The summed E-state index contributed by atoms with van der Waals surface area (Å²) in [5.74, 6) is 5.07. The molecule has 0 amide bonds. The number of hydrogen-bond acceptors (Lipinski definition) is 5. The summed E-state index contributed by atoms with van der Waals surface area (Å²) in [5, 5.41) is 0. The van der Waals surface area contributed by atoms with E-state index in [9.17, 15) is 4.79 Å². The second kappa shape index (κ2) is 6.00. The molecule has 0 radical (unpaired) electrons. The first-order chi connectivity index (χ1) is 7.22. The Morgan fingerprint density at radius 3 is 2.67 bits per heavy atom. The van der Waals surface area contributed by atoms with Crippen LogP contribution < -0.4 is 16.2 Å². The summed E-state index contributed by atoms with van der Waals surface area (Å²) < 4.78 is 5.31. The summed E-state index contributed by atoms with van der Waals surface area (Å²) in [6, 6.07) is 7.58. The molecule has 1 aromatic rings. The molecule has 0 aliphatic rings. The van der Waals surface area contributed by atoms with Crippen LogP contribution in [-0.4, -0.2) is 12.6 Å². The average Bonchev–Trinajstić information content (AvgIpc) is 2.21. The Labute approximate surface area is 88.1 Å². The molecule has 0 aromatic heterocycles. The highest BCUT2D eigenvalue weighted by Crippen LogP contribution is 2.11. The van der Waals surface area contributed by atoms with Gasteiger partial charge in [-0.05, 0) is 19.1 Å². The van der Waals surface area contributed by atoms with Crippen molar-refractivity contribution in [3.8, 4) is 5.75 Å². The van der Waals surface area contributed by atoms with Gasteiger partial charge >= 0.3 is 5.97 Å². The van der Waals surface area contributed by atoms with E-state index in [1.165, 1.54) is 0 Å². The fourth-order valence-electron chi connectivity index (χ4n) is 1.00. The SMILES string of the molecule is Cc1ccc(OCCC(=O)ONN)cc1. The number of carbonyl (C=O) groups excluding carboxylic acids is 1. The highest BCUT2D eigenvalue weighted by Gasteiger charge is 2.02. The van der Waals surface area contributed by atoms with Gasteiger partial charge in [0.25, 0.3) is 0 Å². The molecule has 0 aliphatic heterocycles. The summed E-state index contributed by atoms with van der Waals surface area (Å²) in [6.07, 6.45) is 0.151. The zero-order valence-electron chi connectivity index (χ0n) is 8.53. The van der Waals surface area contributed by atoms with Crippen LogP contribution in [0.5, 0.6) is 5.75 Å². The van der Waals surface area contributed by atoms with Crippen LogP contribution in [0, 0.1) is 6.92 Å². The van der Waals surface area contributed by atoms with Crippen molar-refractivity contribution in [2.75, 3.05) is 6.61 Å². The number of rotatable bonds is 5. The number of nitrogens with two attached hydrogens (primary N) is 1. The largest absolute Gasteiger partial charge is 0.493 e. The zero-order chi connectivity index (χ0) is 11.1. The normalized spacial score (nSPS) is 9.73. The highest BCUT2D eigenvalue weighted by molar-refractivity contribution is 5.69. The summed E-state index contributed by atoms with van der Waals surface area (Å²) in [4.78, 5) is 15.2. The minimum Gasteiger partial charge on any atom is -0.493 e. The Balaban J connectivity index is 2.26. The molecule has 0 unspecified atom stereocenters. The van der Waals surface area contributed by atoms with Gasteiger partial charge in [0, 0.05) is 0 Å². The molecule has 0 heterocycles. The van der Waals surface area contributed by atoms with Crippen LogP contribution in [0.15, 0.2) is 24.3 Å². The third-order valence-corrected chi connectivity index (χ3v) is 1.77. The van der Waals surface area contributed by atoms with Gasteiger partial charge < -0.3 is 9.57 Å². The molecular formula is C10H14N2O3. The number of hydrogen-bond donors (Lipinski definition) is 2. The van der Waals surface area contributed by atoms with E-state index in [4.69, 9.17) is 10.6 Å². The smallest absolute Gasteiger partial charge is 0.329 e. The van der Waals surface area contributed by atoms with Crippen LogP contribution in [0.4, 0.5) is 0 Å². The Bertz CT molecular complexity index is 311. The maximum atomic E-state index is 10.8. The molecule has 0 spiro atoms. The van der Waals surface area contributed by atoms with Gasteiger partial charge in [-0.1, -0.05) is 23.3 Å². The quantitative estimate of drug-likeness (QED) is 0.552. The van der Waals surface area contributed by atoms with E-state index in [-0.39, 0.29) is 13.0 Å². The first-order valence-corrected chi connectivity index (χ1v) is 4.57. The molecule has 0 saturated heterocycles. The molecular weight excluding hydrogens is 196 g/mol. The molecule has 0 aliphatic carbocycles. The molecule has 3 N–H and O–H groups in total. The second-order valence-corrected chi connectivity index (χ2v) is 3.00. The molecule has 1 aromatic carbocycles.